The van der Waals surface area contributed by atoms with Gasteiger partial charge >= 0.3 is 11.9 Å². The van der Waals surface area contributed by atoms with Crippen LogP contribution in [0.5, 0.6) is 0 Å². The molecule has 6 heteroatoms. The number of esters is 1. The van der Waals surface area contributed by atoms with E-state index in [1.807, 2.05) is 0 Å². The Hall–Kier alpha value is -1.43. The second kappa shape index (κ2) is 4.56. The topological polar surface area (TPSA) is 68.3 Å². The number of ether oxygens (including phenoxy) is 1. The molecule has 0 saturated carbocycles. The van der Waals surface area contributed by atoms with E-state index in [1.54, 1.807) is 10.9 Å². The predicted octanol–water partition coefficient (Wildman–Crippen LogP) is -0.0677. The summed E-state index contributed by atoms with van der Waals surface area (Å²) in [6.07, 6.45) is 0. The van der Waals surface area contributed by atoms with Gasteiger partial charge in [0.1, 0.15) is 0 Å². The monoisotopic (exact) mass is 200 g/mol. The molecule has 0 aromatic carbocycles. The van der Waals surface area contributed by atoms with Crippen LogP contribution >= 0.6 is 11.3 Å². The lowest BCUT2D eigenvalue weighted by Gasteiger charge is -1.99. The first-order valence-corrected chi connectivity index (χ1v) is 4.41. The van der Waals surface area contributed by atoms with Gasteiger partial charge in [0, 0.05) is 5.38 Å². The van der Waals surface area contributed by atoms with Crippen LogP contribution in [-0.2, 0) is 20.9 Å². The minimum Gasteiger partial charge on any atom is -0.462 e. The molecule has 1 N–H and O–H groups in total. The second-order valence-corrected chi connectivity index (χ2v) is 2.87. The van der Waals surface area contributed by atoms with Crippen LogP contribution in [0.15, 0.2) is 10.9 Å². The number of amides is 1. The van der Waals surface area contributed by atoms with Crippen LogP contribution in [0.2, 0.25) is 0 Å². The van der Waals surface area contributed by atoms with E-state index in [0.29, 0.717) is 0 Å². The zero-order valence-electron chi connectivity index (χ0n) is 6.94. The number of nitrogens with one attached hydrogen (secondary N) is 1. The predicted molar refractivity (Wildman–Crippen MR) is 46.0 cm³/mol. The number of aromatic nitrogens is 1. The summed E-state index contributed by atoms with van der Waals surface area (Å²) in [7, 11) is 1.16. The molecule has 0 saturated heterocycles. The quantitative estimate of drug-likeness (QED) is 0.536. The van der Waals surface area contributed by atoms with E-state index in [-0.39, 0.29) is 6.54 Å². The molecule has 0 fully saturated rings. The molecule has 0 bridgehead atoms. The van der Waals surface area contributed by atoms with Gasteiger partial charge in [-0.05, 0) is 0 Å². The first-order chi connectivity index (χ1) is 6.24. The summed E-state index contributed by atoms with van der Waals surface area (Å²) in [5, 5.41) is 4.16. The average molecular weight is 200 g/mol. The van der Waals surface area contributed by atoms with E-state index in [0.717, 1.165) is 12.8 Å². The van der Waals surface area contributed by atoms with Gasteiger partial charge in [-0.15, -0.1) is 11.3 Å². The Morgan fingerprint density at radius 2 is 2.46 bits per heavy atom. The lowest BCUT2D eigenvalue weighted by molar-refractivity contribution is -0.152. The zero-order chi connectivity index (χ0) is 9.68. The molecule has 1 rings (SSSR count). The number of nitrogens with zero attached hydrogens (tertiary/aromatic N) is 1. The molecule has 0 unspecified atom stereocenters. The van der Waals surface area contributed by atoms with Crippen molar-refractivity contribution < 1.29 is 14.3 Å². The molecular formula is C7H8N2O3S. The van der Waals surface area contributed by atoms with Crippen molar-refractivity contribution in [1.82, 2.24) is 10.3 Å². The number of hydrogen-bond donors (Lipinski definition) is 1. The summed E-state index contributed by atoms with van der Waals surface area (Å²) in [5.41, 5.74) is 2.38. The van der Waals surface area contributed by atoms with Crippen molar-refractivity contribution in [3.63, 3.8) is 0 Å². The third kappa shape index (κ3) is 2.83. The Bertz CT molecular complexity index is 297. The van der Waals surface area contributed by atoms with Gasteiger partial charge < -0.3 is 10.1 Å². The SMILES string of the molecule is COC(=O)C(=O)NCc1cscn1. The molecule has 0 aliphatic carbocycles. The minimum absolute atomic E-state index is 0.247. The maximum absolute atomic E-state index is 10.9. The average Bonchev–Trinajstić information content (AvgIpc) is 2.65. The van der Waals surface area contributed by atoms with Crippen molar-refractivity contribution >= 4 is 23.2 Å². The van der Waals surface area contributed by atoms with Gasteiger partial charge in [0.15, 0.2) is 0 Å². The van der Waals surface area contributed by atoms with Crippen molar-refractivity contribution in [2.24, 2.45) is 0 Å². The van der Waals surface area contributed by atoms with Crippen molar-refractivity contribution in [1.29, 1.82) is 0 Å². The van der Waals surface area contributed by atoms with Crippen LogP contribution < -0.4 is 5.32 Å². The molecule has 70 valence electrons. The van der Waals surface area contributed by atoms with E-state index in [2.05, 4.69) is 15.0 Å². The Morgan fingerprint density at radius 1 is 1.69 bits per heavy atom. The molecule has 1 heterocycles. The lowest BCUT2D eigenvalue weighted by atomic mass is 10.4. The second-order valence-electron chi connectivity index (χ2n) is 2.15. The summed E-state index contributed by atoms with van der Waals surface area (Å²) in [6.45, 7) is 0.247. The molecule has 0 radical (unpaired) electrons. The molecule has 1 aromatic heterocycles. The zero-order valence-corrected chi connectivity index (χ0v) is 7.76. The van der Waals surface area contributed by atoms with E-state index in [4.69, 9.17) is 0 Å². The van der Waals surface area contributed by atoms with Gasteiger partial charge in [-0.3, -0.25) is 4.79 Å². The van der Waals surface area contributed by atoms with Gasteiger partial charge in [-0.1, -0.05) is 0 Å². The Kier molecular flexibility index (Phi) is 3.39. The number of rotatable bonds is 2. The molecule has 0 aliphatic rings. The summed E-state index contributed by atoms with van der Waals surface area (Å²) < 4.78 is 4.21. The molecule has 0 aliphatic heterocycles. The number of methoxy groups -OCH3 is 1. The van der Waals surface area contributed by atoms with Gasteiger partial charge in [0.05, 0.1) is 24.9 Å². The van der Waals surface area contributed by atoms with Crippen LogP contribution in [0, 0.1) is 0 Å². The molecule has 0 spiro atoms. The standard InChI is InChI=1S/C7H8N2O3S/c1-12-7(11)6(10)8-2-5-3-13-4-9-5/h3-4H,2H2,1H3,(H,8,10). The van der Waals surface area contributed by atoms with E-state index in [9.17, 15) is 9.59 Å². The molecule has 5 nitrogen and oxygen atoms in total. The first-order valence-electron chi connectivity index (χ1n) is 3.47. The third-order valence-electron chi connectivity index (χ3n) is 1.28. The molecule has 1 amide bonds. The summed E-state index contributed by atoms with van der Waals surface area (Å²) >= 11 is 1.43. The van der Waals surface area contributed by atoms with E-state index >= 15 is 0 Å². The smallest absolute Gasteiger partial charge is 0.396 e. The fourth-order valence-corrected chi connectivity index (χ4v) is 1.22. The first kappa shape index (κ1) is 9.66. The van der Waals surface area contributed by atoms with Crippen molar-refractivity contribution in [2.45, 2.75) is 6.54 Å². The van der Waals surface area contributed by atoms with Crippen molar-refractivity contribution in [2.75, 3.05) is 7.11 Å². The highest BCUT2D eigenvalue weighted by atomic mass is 32.1. The normalized spacial score (nSPS) is 9.31. The van der Waals surface area contributed by atoms with Crippen LogP contribution in [0.1, 0.15) is 5.69 Å². The molecular weight excluding hydrogens is 192 g/mol. The number of carbonyl (C=O) groups is 2. The highest BCUT2D eigenvalue weighted by Gasteiger charge is 2.12. The Labute approximate surface area is 78.7 Å². The van der Waals surface area contributed by atoms with Gasteiger partial charge in [-0.25, -0.2) is 9.78 Å². The maximum Gasteiger partial charge on any atom is 0.396 e. The van der Waals surface area contributed by atoms with Gasteiger partial charge in [0.25, 0.3) is 0 Å². The number of hydrogen-bond acceptors (Lipinski definition) is 5. The molecule has 1 aromatic rings. The molecule has 13 heavy (non-hydrogen) atoms. The third-order valence-corrected chi connectivity index (χ3v) is 1.92. The minimum atomic E-state index is -0.893. The van der Waals surface area contributed by atoms with E-state index in [1.165, 1.54) is 11.3 Å². The lowest BCUT2D eigenvalue weighted by Crippen LogP contribution is -2.31. The van der Waals surface area contributed by atoms with Gasteiger partial charge in [-0.2, -0.15) is 0 Å². The van der Waals surface area contributed by atoms with E-state index < -0.39 is 11.9 Å². The van der Waals surface area contributed by atoms with Gasteiger partial charge in [0.2, 0.25) is 0 Å². The summed E-state index contributed by atoms with van der Waals surface area (Å²) in [4.78, 5) is 25.4. The highest BCUT2D eigenvalue weighted by Crippen LogP contribution is 1.99. The van der Waals surface area contributed by atoms with Crippen LogP contribution in [0.25, 0.3) is 0 Å². The van der Waals surface area contributed by atoms with Crippen molar-refractivity contribution in [3.05, 3.63) is 16.6 Å². The molecule has 0 atom stereocenters. The van der Waals surface area contributed by atoms with Crippen LogP contribution in [0.3, 0.4) is 0 Å². The fourth-order valence-electron chi connectivity index (χ4n) is 0.661. The fraction of sp³-hybridized carbons (Fsp3) is 0.286. The highest BCUT2D eigenvalue weighted by molar-refractivity contribution is 7.07. The maximum atomic E-state index is 10.9. The number of carbonyl (C=O) groups excluding carboxylic acids is 2. The largest absolute Gasteiger partial charge is 0.462 e. The van der Waals surface area contributed by atoms with Crippen molar-refractivity contribution in [3.8, 4) is 0 Å². The summed E-state index contributed by atoms with van der Waals surface area (Å²) in [5.74, 6) is -1.65. The summed E-state index contributed by atoms with van der Waals surface area (Å²) in [6, 6.07) is 0. The Balaban J connectivity index is 2.35. The Morgan fingerprint density at radius 3 is 3.00 bits per heavy atom. The van der Waals surface area contributed by atoms with Crippen LogP contribution in [-0.4, -0.2) is 24.0 Å². The number of thiazole rings is 1. The van der Waals surface area contributed by atoms with Crippen LogP contribution in [0.4, 0.5) is 0 Å².